The van der Waals surface area contributed by atoms with E-state index in [-0.39, 0.29) is 30.9 Å². The van der Waals surface area contributed by atoms with Crippen LogP contribution in [0.5, 0.6) is 0 Å². The number of aliphatic carboxylic acids is 1. The lowest BCUT2D eigenvalue weighted by molar-refractivity contribution is -0.144. The number of hydrogen-bond acceptors (Lipinski definition) is 3. The first-order chi connectivity index (χ1) is 7.42. The zero-order valence-electron chi connectivity index (χ0n) is 10.9. The third-order valence-corrected chi connectivity index (χ3v) is 2.32. The van der Waals surface area contributed by atoms with Gasteiger partial charge in [-0.1, -0.05) is 13.8 Å². The molecule has 0 bridgehead atoms. The summed E-state index contributed by atoms with van der Waals surface area (Å²) < 4.78 is 0. The van der Waals surface area contributed by atoms with Crippen molar-refractivity contribution < 1.29 is 14.7 Å². The number of hydrogen-bond donors (Lipinski definition) is 2. The smallest absolute Gasteiger partial charge is 0.320 e. The minimum atomic E-state index is -0.873. The van der Waals surface area contributed by atoms with Crippen molar-refractivity contribution in [3.05, 3.63) is 0 Å². The second-order valence-corrected chi connectivity index (χ2v) is 4.05. The first-order valence-corrected chi connectivity index (χ1v) is 5.68. The van der Waals surface area contributed by atoms with Crippen molar-refractivity contribution in [2.24, 2.45) is 0 Å². The van der Waals surface area contributed by atoms with E-state index in [9.17, 15) is 9.59 Å². The van der Waals surface area contributed by atoms with E-state index in [1.54, 1.807) is 4.90 Å². The van der Waals surface area contributed by atoms with E-state index < -0.39 is 12.0 Å². The number of carbonyl (C=O) groups excluding carboxylic acids is 1. The molecule has 1 unspecified atom stereocenters. The van der Waals surface area contributed by atoms with Crippen LogP contribution in [0.2, 0.25) is 0 Å². The Kier molecular flexibility index (Phi) is 10.1. The topological polar surface area (TPSA) is 69.6 Å². The Morgan fingerprint density at radius 1 is 1.29 bits per heavy atom. The van der Waals surface area contributed by atoms with Gasteiger partial charge in [0.25, 0.3) is 0 Å². The molecule has 0 rings (SSSR count). The predicted molar refractivity (Wildman–Crippen MR) is 69.5 cm³/mol. The molecule has 2 N–H and O–H groups in total. The molecule has 0 aliphatic heterocycles. The molecule has 6 heteroatoms. The third-order valence-electron chi connectivity index (χ3n) is 2.32. The van der Waals surface area contributed by atoms with Crippen LogP contribution in [0.15, 0.2) is 0 Å². The van der Waals surface area contributed by atoms with Gasteiger partial charge in [-0.15, -0.1) is 12.4 Å². The van der Waals surface area contributed by atoms with E-state index in [0.717, 1.165) is 0 Å². The van der Waals surface area contributed by atoms with Gasteiger partial charge in [-0.3, -0.25) is 14.5 Å². The van der Waals surface area contributed by atoms with Crippen LogP contribution in [0, 0.1) is 0 Å². The summed E-state index contributed by atoms with van der Waals surface area (Å²) in [6.07, 6.45) is 0.498. The molecule has 5 nitrogen and oxygen atoms in total. The molecule has 0 spiro atoms. The van der Waals surface area contributed by atoms with Gasteiger partial charge in [-0.25, -0.2) is 0 Å². The highest BCUT2D eigenvalue weighted by molar-refractivity contribution is 5.85. The fraction of sp³-hybridized carbons (Fsp3) is 0.818. The van der Waals surface area contributed by atoms with Gasteiger partial charge in [0.05, 0.1) is 6.54 Å². The lowest BCUT2D eigenvalue weighted by atomic mass is 10.2. The van der Waals surface area contributed by atoms with Crippen LogP contribution in [-0.4, -0.2) is 47.1 Å². The molecule has 0 aromatic rings. The van der Waals surface area contributed by atoms with Crippen molar-refractivity contribution >= 4 is 24.3 Å². The second kappa shape index (κ2) is 9.24. The highest BCUT2D eigenvalue weighted by atomic mass is 35.5. The third kappa shape index (κ3) is 7.18. The summed E-state index contributed by atoms with van der Waals surface area (Å²) in [4.78, 5) is 24.1. The molecule has 0 aliphatic rings. The second-order valence-electron chi connectivity index (χ2n) is 4.05. The summed E-state index contributed by atoms with van der Waals surface area (Å²) in [6, 6.07) is -0.501. The van der Waals surface area contributed by atoms with E-state index in [2.05, 4.69) is 5.32 Å². The van der Waals surface area contributed by atoms with Gasteiger partial charge >= 0.3 is 5.97 Å². The van der Waals surface area contributed by atoms with Gasteiger partial charge in [0.15, 0.2) is 0 Å². The average Bonchev–Trinajstić information content (AvgIpc) is 2.15. The first-order valence-electron chi connectivity index (χ1n) is 5.68. The number of carboxylic acids is 1. The lowest BCUT2D eigenvalue weighted by Gasteiger charge is -2.26. The van der Waals surface area contributed by atoms with Crippen molar-refractivity contribution in [2.45, 2.75) is 46.2 Å². The molecule has 0 heterocycles. The maximum Gasteiger partial charge on any atom is 0.320 e. The van der Waals surface area contributed by atoms with E-state index in [1.807, 2.05) is 27.7 Å². The summed E-state index contributed by atoms with van der Waals surface area (Å²) in [5.74, 6) is -1.00. The fourth-order valence-corrected chi connectivity index (χ4v) is 1.58. The molecule has 17 heavy (non-hydrogen) atoms. The van der Waals surface area contributed by atoms with Crippen LogP contribution in [0.25, 0.3) is 0 Å². The molecule has 0 saturated carbocycles. The van der Waals surface area contributed by atoms with Crippen LogP contribution in [-0.2, 0) is 9.59 Å². The van der Waals surface area contributed by atoms with Crippen molar-refractivity contribution in [3.8, 4) is 0 Å². The summed E-state index contributed by atoms with van der Waals surface area (Å²) in [5.41, 5.74) is 0. The van der Waals surface area contributed by atoms with Gasteiger partial charge in [0.1, 0.15) is 6.04 Å². The summed E-state index contributed by atoms with van der Waals surface area (Å²) in [7, 11) is 0. The van der Waals surface area contributed by atoms with Crippen LogP contribution in [0.1, 0.15) is 34.1 Å². The standard InChI is InChI=1S/C11H22N2O3.ClH/c1-5-9(11(15)16)13(6-2)7-10(14)12-8(3)4;/h8-9H,5-7H2,1-4H3,(H,12,14)(H,15,16);1H. The largest absolute Gasteiger partial charge is 0.480 e. The molecule has 1 atom stereocenters. The SMILES string of the molecule is CCC(C(=O)O)N(CC)CC(=O)NC(C)C.Cl. The highest BCUT2D eigenvalue weighted by Gasteiger charge is 2.24. The van der Waals surface area contributed by atoms with E-state index in [4.69, 9.17) is 5.11 Å². The van der Waals surface area contributed by atoms with Crippen molar-refractivity contribution in [1.82, 2.24) is 10.2 Å². The molecule has 0 aromatic heterocycles. The molecule has 0 saturated heterocycles. The molecule has 0 aromatic carbocycles. The Hall–Kier alpha value is -0.810. The van der Waals surface area contributed by atoms with Crippen LogP contribution >= 0.6 is 12.4 Å². The van der Waals surface area contributed by atoms with Crippen LogP contribution < -0.4 is 5.32 Å². The van der Waals surface area contributed by atoms with Crippen molar-refractivity contribution in [1.29, 1.82) is 0 Å². The zero-order valence-corrected chi connectivity index (χ0v) is 11.7. The van der Waals surface area contributed by atoms with E-state index >= 15 is 0 Å². The summed E-state index contributed by atoms with van der Waals surface area (Å²) >= 11 is 0. The molecular formula is C11H23ClN2O3. The maximum atomic E-state index is 11.5. The van der Waals surface area contributed by atoms with Crippen LogP contribution in [0.3, 0.4) is 0 Å². The van der Waals surface area contributed by atoms with Gasteiger partial charge in [0, 0.05) is 6.04 Å². The molecule has 102 valence electrons. The number of amides is 1. The molecule has 0 fully saturated rings. The number of nitrogens with zero attached hydrogens (tertiary/aromatic N) is 1. The van der Waals surface area contributed by atoms with E-state index in [0.29, 0.717) is 13.0 Å². The summed E-state index contributed by atoms with van der Waals surface area (Å²) in [6.45, 7) is 8.11. The number of nitrogens with one attached hydrogen (secondary N) is 1. The molecule has 1 amide bonds. The number of likely N-dealkylation sites (N-methyl/N-ethyl adjacent to an activating group) is 1. The maximum absolute atomic E-state index is 11.5. The number of rotatable bonds is 7. The Morgan fingerprint density at radius 2 is 1.82 bits per heavy atom. The Morgan fingerprint density at radius 3 is 2.12 bits per heavy atom. The first kappa shape index (κ1) is 18.6. The van der Waals surface area contributed by atoms with Gasteiger partial charge in [-0.2, -0.15) is 0 Å². The summed E-state index contributed by atoms with van der Waals surface area (Å²) in [5, 5.41) is 11.7. The Balaban J connectivity index is 0. The number of carbonyl (C=O) groups is 2. The number of carboxylic acid groups (broad SMARTS) is 1. The quantitative estimate of drug-likeness (QED) is 0.725. The van der Waals surface area contributed by atoms with Crippen molar-refractivity contribution in [3.63, 3.8) is 0 Å². The predicted octanol–water partition coefficient (Wildman–Crippen LogP) is 1.12. The molecule has 0 aliphatic carbocycles. The fourth-order valence-electron chi connectivity index (χ4n) is 1.58. The Labute approximate surface area is 109 Å². The van der Waals surface area contributed by atoms with Gasteiger partial charge < -0.3 is 10.4 Å². The monoisotopic (exact) mass is 266 g/mol. The normalized spacial score (nSPS) is 12.1. The van der Waals surface area contributed by atoms with Gasteiger partial charge in [0.2, 0.25) is 5.91 Å². The average molecular weight is 267 g/mol. The van der Waals surface area contributed by atoms with Crippen molar-refractivity contribution in [2.75, 3.05) is 13.1 Å². The van der Waals surface area contributed by atoms with Gasteiger partial charge in [-0.05, 0) is 26.8 Å². The lowest BCUT2D eigenvalue weighted by Crippen LogP contribution is -2.47. The Bertz CT molecular complexity index is 247. The minimum absolute atomic E-state index is 0. The minimum Gasteiger partial charge on any atom is -0.480 e. The van der Waals surface area contributed by atoms with E-state index in [1.165, 1.54) is 0 Å². The van der Waals surface area contributed by atoms with Crippen LogP contribution in [0.4, 0.5) is 0 Å². The molecular weight excluding hydrogens is 244 g/mol. The zero-order chi connectivity index (χ0) is 12.7. The number of halogens is 1. The molecule has 0 radical (unpaired) electrons. The highest BCUT2D eigenvalue weighted by Crippen LogP contribution is 2.04.